The number of sulfonamides is 1. The summed E-state index contributed by atoms with van der Waals surface area (Å²) in [5, 5.41) is 8.29. The number of aromatic nitrogens is 2. The molecule has 0 bridgehead atoms. The number of para-hydroxylation sites is 2. The average molecular weight is 335 g/mol. The lowest BCUT2D eigenvalue weighted by Crippen LogP contribution is -2.11. The fourth-order valence-electron chi connectivity index (χ4n) is 1.92. The first-order valence-electron chi connectivity index (χ1n) is 6.26. The first kappa shape index (κ1) is 14.7. The molecule has 112 valence electrons. The maximum absolute atomic E-state index is 11.2. The highest BCUT2D eigenvalue weighted by Crippen LogP contribution is 2.25. The fourth-order valence-corrected chi connectivity index (χ4v) is 2.62. The molecule has 0 atom stereocenters. The van der Waals surface area contributed by atoms with Crippen molar-refractivity contribution in [1.29, 1.82) is 0 Å². The summed E-state index contributed by atoms with van der Waals surface area (Å²) >= 11 is 6.10. The largest absolute Gasteiger partial charge is 0.338 e. The van der Waals surface area contributed by atoms with Gasteiger partial charge in [-0.1, -0.05) is 23.7 Å². The first-order chi connectivity index (χ1) is 10.4. The topological polar surface area (TPSA) is 98.0 Å². The van der Waals surface area contributed by atoms with Crippen molar-refractivity contribution < 1.29 is 8.42 Å². The molecule has 0 unspecified atom stereocenters. The van der Waals surface area contributed by atoms with Gasteiger partial charge >= 0.3 is 0 Å². The first-order valence-corrected chi connectivity index (χ1v) is 8.18. The van der Waals surface area contributed by atoms with Gasteiger partial charge in [-0.15, -0.1) is 0 Å². The monoisotopic (exact) mass is 334 g/mol. The summed E-state index contributed by atoms with van der Waals surface area (Å²) in [6, 6.07) is 13.3. The second-order valence-electron chi connectivity index (χ2n) is 4.55. The molecule has 8 heteroatoms. The van der Waals surface area contributed by atoms with Crippen LogP contribution in [-0.4, -0.2) is 18.4 Å². The summed E-state index contributed by atoms with van der Waals surface area (Å²) in [6.45, 7) is 0. The van der Waals surface area contributed by atoms with Crippen LogP contribution in [0.4, 0.5) is 11.5 Å². The highest BCUT2D eigenvalue weighted by molar-refractivity contribution is 7.89. The van der Waals surface area contributed by atoms with Crippen molar-refractivity contribution in [3.8, 4) is 0 Å². The zero-order chi connectivity index (χ0) is 15.7. The molecule has 0 aliphatic carbocycles. The van der Waals surface area contributed by atoms with Crippen LogP contribution in [0.1, 0.15) is 0 Å². The van der Waals surface area contributed by atoms with Gasteiger partial charge in [0.05, 0.1) is 15.9 Å². The quantitative estimate of drug-likeness (QED) is 0.767. The summed E-state index contributed by atoms with van der Waals surface area (Å²) in [5.41, 5.74) is 2.03. The van der Waals surface area contributed by atoms with Crippen molar-refractivity contribution in [2.75, 3.05) is 5.32 Å². The van der Waals surface area contributed by atoms with E-state index in [0.29, 0.717) is 22.5 Å². The maximum atomic E-state index is 11.2. The van der Waals surface area contributed by atoms with Crippen LogP contribution in [0.2, 0.25) is 5.15 Å². The number of benzene rings is 2. The number of fused-ring (bicyclic) bond motifs is 1. The Kier molecular flexibility index (Phi) is 3.69. The van der Waals surface area contributed by atoms with Crippen LogP contribution in [0.25, 0.3) is 11.0 Å². The van der Waals surface area contributed by atoms with Gasteiger partial charge in [0.2, 0.25) is 10.0 Å². The van der Waals surface area contributed by atoms with Gasteiger partial charge in [0, 0.05) is 5.69 Å². The van der Waals surface area contributed by atoms with Crippen LogP contribution in [0.15, 0.2) is 53.4 Å². The van der Waals surface area contributed by atoms with Gasteiger partial charge in [0.1, 0.15) is 0 Å². The molecule has 1 heterocycles. The molecule has 0 aliphatic heterocycles. The van der Waals surface area contributed by atoms with Gasteiger partial charge < -0.3 is 5.32 Å². The van der Waals surface area contributed by atoms with Gasteiger partial charge in [-0.05, 0) is 36.4 Å². The van der Waals surface area contributed by atoms with Crippen LogP contribution < -0.4 is 10.5 Å². The van der Waals surface area contributed by atoms with E-state index in [1.54, 1.807) is 12.1 Å². The van der Waals surface area contributed by atoms with Crippen LogP contribution >= 0.6 is 11.6 Å². The number of anilines is 2. The van der Waals surface area contributed by atoms with Crippen LogP contribution in [-0.2, 0) is 10.0 Å². The summed E-state index contributed by atoms with van der Waals surface area (Å²) in [6.07, 6.45) is 0. The molecule has 0 radical (unpaired) electrons. The number of primary sulfonamides is 1. The van der Waals surface area contributed by atoms with Crippen molar-refractivity contribution in [2.24, 2.45) is 5.14 Å². The summed E-state index contributed by atoms with van der Waals surface area (Å²) in [7, 11) is -3.71. The Bertz CT molecular complexity index is 943. The fraction of sp³-hybridized carbons (Fsp3) is 0. The molecule has 3 rings (SSSR count). The lowest BCUT2D eigenvalue weighted by molar-refractivity contribution is 0.598. The highest BCUT2D eigenvalue weighted by Gasteiger charge is 2.09. The minimum absolute atomic E-state index is 0.0359. The second-order valence-corrected chi connectivity index (χ2v) is 6.47. The molecule has 0 spiro atoms. The van der Waals surface area contributed by atoms with Gasteiger partial charge in [0.15, 0.2) is 11.0 Å². The zero-order valence-electron chi connectivity index (χ0n) is 11.2. The second kappa shape index (κ2) is 5.53. The van der Waals surface area contributed by atoms with E-state index in [0.717, 1.165) is 0 Å². The van der Waals surface area contributed by atoms with Crippen molar-refractivity contribution in [2.45, 2.75) is 4.90 Å². The predicted octanol–water partition coefficient (Wildman–Crippen LogP) is 2.67. The molecule has 0 saturated carbocycles. The van der Waals surface area contributed by atoms with E-state index in [4.69, 9.17) is 16.7 Å². The van der Waals surface area contributed by atoms with Gasteiger partial charge in [-0.25, -0.2) is 23.5 Å². The number of nitrogens with one attached hydrogen (secondary N) is 1. The number of hydrogen-bond acceptors (Lipinski definition) is 5. The molecular weight excluding hydrogens is 324 g/mol. The Morgan fingerprint density at radius 3 is 2.14 bits per heavy atom. The molecule has 0 aliphatic rings. The van der Waals surface area contributed by atoms with Gasteiger partial charge in [-0.2, -0.15) is 0 Å². The molecule has 3 aromatic rings. The standard InChI is InChI=1S/C14H11ClN4O2S/c15-13-14(19-12-4-2-1-3-11(12)18-13)17-9-5-7-10(8-6-9)22(16,20)21/h1-8H,(H,17,19)(H2,16,20,21). The number of nitrogens with two attached hydrogens (primary N) is 1. The summed E-state index contributed by atoms with van der Waals surface area (Å²) in [5.74, 6) is 0.392. The number of halogens is 1. The van der Waals surface area contributed by atoms with Gasteiger partial charge in [-0.3, -0.25) is 0 Å². The van der Waals surface area contributed by atoms with Crippen LogP contribution in [0.5, 0.6) is 0 Å². The number of nitrogens with zero attached hydrogens (tertiary/aromatic N) is 2. The third kappa shape index (κ3) is 3.01. The van der Waals surface area contributed by atoms with E-state index < -0.39 is 10.0 Å². The van der Waals surface area contributed by atoms with E-state index in [2.05, 4.69) is 15.3 Å². The highest BCUT2D eigenvalue weighted by atomic mass is 35.5. The van der Waals surface area contributed by atoms with Crippen molar-refractivity contribution >= 4 is 44.2 Å². The molecule has 6 nitrogen and oxygen atoms in total. The van der Waals surface area contributed by atoms with E-state index >= 15 is 0 Å². The molecule has 2 aromatic carbocycles. The normalized spacial score (nSPS) is 11.5. The molecular formula is C14H11ClN4O2S. The summed E-state index contributed by atoms with van der Waals surface area (Å²) in [4.78, 5) is 8.68. The smallest absolute Gasteiger partial charge is 0.238 e. The van der Waals surface area contributed by atoms with E-state index in [1.165, 1.54) is 12.1 Å². The third-order valence-electron chi connectivity index (χ3n) is 2.97. The molecule has 0 fully saturated rings. The molecule has 22 heavy (non-hydrogen) atoms. The minimum atomic E-state index is -3.71. The van der Waals surface area contributed by atoms with Crippen molar-refractivity contribution in [3.63, 3.8) is 0 Å². The number of hydrogen-bond donors (Lipinski definition) is 2. The molecule has 3 N–H and O–H groups in total. The lowest BCUT2D eigenvalue weighted by atomic mass is 10.3. The minimum Gasteiger partial charge on any atom is -0.338 e. The van der Waals surface area contributed by atoms with Crippen molar-refractivity contribution in [1.82, 2.24) is 9.97 Å². The molecule has 0 amide bonds. The van der Waals surface area contributed by atoms with Gasteiger partial charge in [0.25, 0.3) is 0 Å². The Morgan fingerprint density at radius 2 is 1.55 bits per heavy atom. The third-order valence-corrected chi connectivity index (χ3v) is 4.17. The number of rotatable bonds is 3. The molecule has 1 aromatic heterocycles. The Morgan fingerprint density at radius 1 is 0.955 bits per heavy atom. The van der Waals surface area contributed by atoms with E-state index in [1.807, 2.05) is 24.3 Å². The Labute approximate surface area is 132 Å². The zero-order valence-corrected chi connectivity index (χ0v) is 12.8. The predicted molar refractivity (Wildman–Crippen MR) is 85.6 cm³/mol. The Balaban J connectivity index is 1.94. The summed E-state index contributed by atoms with van der Waals surface area (Å²) < 4.78 is 22.4. The van der Waals surface area contributed by atoms with E-state index in [9.17, 15) is 8.42 Å². The van der Waals surface area contributed by atoms with E-state index in [-0.39, 0.29) is 10.0 Å². The van der Waals surface area contributed by atoms with Crippen molar-refractivity contribution in [3.05, 3.63) is 53.7 Å². The SMILES string of the molecule is NS(=O)(=O)c1ccc(Nc2nc3ccccc3nc2Cl)cc1. The lowest BCUT2D eigenvalue weighted by Gasteiger charge is -2.08. The van der Waals surface area contributed by atoms with Crippen LogP contribution in [0, 0.1) is 0 Å². The maximum Gasteiger partial charge on any atom is 0.238 e. The Hall–Kier alpha value is -2.22. The van der Waals surface area contributed by atoms with Crippen LogP contribution in [0.3, 0.4) is 0 Å². The average Bonchev–Trinajstić information content (AvgIpc) is 2.48. The molecule has 0 saturated heterocycles.